The van der Waals surface area contributed by atoms with Crippen molar-refractivity contribution in [2.45, 2.75) is 6.42 Å². The van der Waals surface area contributed by atoms with Crippen molar-refractivity contribution in [3.05, 3.63) is 64.1 Å². The Bertz CT molecular complexity index is 600. The van der Waals surface area contributed by atoms with Gasteiger partial charge in [0.25, 0.3) is 5.91 Å². The quantitative estimate of drug-likeness (QED) is 0.843. The highest BCUT2D eigenvalue weighted by Crippen LogP contribution is 2.11. The average Bonchev–Trinajstić information content (AvgIpc) is 2.42. The molecule has 2 aromatic rings. The van der Waals surface area contributed by atoms with Gasteiger partial charge < -0.3 is 10.3 Å². The van der Waals surface area contributed by atoms with Crippen LogP contribution in [0, 0.1) is 0 Å². The highest BCUT2D eigenvalue weighted by atomic mass is 35.5. The molecule has 2 N–H and O–H groups in total. The number of H-pyrrole nitrogens is 1. The molecule has 1 heterocycles. The van der Waals surface area contributed by atoms with E-state index in [1.54, 1.807) is 0 Å². The largest absolute Gasteiger partial charge is 0.328 e. The first kappa shape index (κ1) is 13.4. The minimum atomic E-state index is -0.263. The summed E-state index contributed by atoms with van der Waals surface area (Å²) >= 11 is 5.65. The van der Waals surface area contributed by atoms with Crippen LogP contribution in [0.4, 0.5) is 5.69 Å². The lowest BCUT2D eigenvalue weighted by Crippen LogP contribution is -2.14. The van der Waals surface area contributed by atoms with E-state index in [0.29, 0.717) is 17.1 Å². The van der Waals surface area contributed by atoms with Gasteiger partial charge in [-0.1, -0.05) is 12.1 Å². The fourth-order valence-corrected chi connectivity index (χ4v) is 1.84. The molecular formula is C14H13ClN2O2. The summed E-state index contributed by atoms with van der Waals surface area (Å²) in [5.41, 5.74) is 2.00. The van der Waals surface area contributed by atoms with Crippen molar-refractivity contribution in [3.63, 3.8) is 0 Å². The van der Waals surface area contributed by atoms with E-state index >= 15 is 0 Å². The fraction of sp³-hybridized carbons (Fsp3) is 0.143. The maximum Gasteiger partial charge on any atom is 0.257 e. The van der Waals surface area contributed by atoms with Gasteiger partial charge >= 0.3 is 0 Å². The summed E-state index contributed by atoms with van der Waals surface area (Å²) in [7, 11) is 0. The Hall–Kier alpha value is -2.07. The Labute approximate surface area is 115 Å². The normalized spacial score (nSPS) is 10.2. The predicted molar refractivity (Wildman–Crippen MR) is 75.9 cm³/mol. The number of aromatic amines is 1. The van der Waals surface area contributed by atoms with E-state index in [4.69, 9.17) is 11.6 Å². The molecule has 0 atom stereocenters. The molecule has 1 aromatic heterocycles. The van der Waals surface area contributed by atoms with E-state index in [-0.39, 0.29) is 11.5 Å². The Morgan fingerprint density at radius 1 is 1.16 bits per heavy atom. The van der Waals surface area contributed by atoms with E-state index in [1.807, 2.05) is 24.3 Å². The number of anilines is 1. The molecule has 0 saturated heterocycles. The summed E-state index contributed by atoms with van der Waals surface area (Å²) in [5, 5.41) is 2.75. The summed E-state index contributed by atoms with van der Waals surface area (Å²) in [4.78, 5) is 25.2. The number of halogens is 1. The number of benzene rings is 1. The maximum absolute atomic E-state index is 11.9. The summed E-state index contributed by atoms with van der Waals surface area (Å²) in [5.74, 6) is 0.310. The topological polar surface area (TPSA) is 62.0 Å². The van der Waals surface area contributed by atoms with Crippen molar-refractivity contribution < 1.29 is 4.79 Å². The second-order valence-corrected chi connectivity index (χ2v) is 4.41. The van der Waals surface area contributed by atoms with Crippen LogP contribution in [-0.2, 0) is 6.42 Å². The van der Waals surface area contributed by atoms with Gasteiger partial charge in [-0.15, -0.1) is 11.6 Å². The Kier molecular flexibility index (Phi) is 4.36. The SMILES string of the molecule is O=C(Nc1ccc(CCCl)cc1)c1ccc(=O)[nH]c1. The highest BCUT2D eigenvalue weighted by molar-refractivity contribution is 6.18. The predicted octanol–water partition coefficient (Wildman–Crippen LogP) is 2.41. The smallest absolute Gasteiger partial charge is 0.257 e. The van der Waals surface area contributed by atoms with Gasteiger partial charge in [-0.05, 0) is 30.2 Å². The number of amides is 1. The molecular weight excluding hydrogens is 264 g/mol. The van der Waals surface area contributed by atoms with Gasteiger partial charge in [0.2, 0.25) is 5.56 Å². The van der Waals surface area contributed by atoms with E-state index < -0.39 is 0 Å². The molecule has 0 aliphatic rings. The molecule has 0 saturated carbocycles. The first-order valence-electron chi connectivity index (χ1n) is 5.84. The van der Waals surface area contributed by atoms with Gasteiger partial charge in [-0.25, -0.2) is 0 Å². The number of aryl methyl sites for hydroxylation is 1. The molecule has 0 bridgehead atoms. The molecule has 19 heavy (non-hydrogen) atoms. The number of carbonyl (C=O) groups is 1. The first-order chi connectivity index (χ1) is 9.19. The van der Waals surface area contributed by atoms with Crippen molar-refractivity contribution in [3.8, 4) is 0 Å². The zero-order valence-corrected chi connectivity index (χ0v) is 10.9. The summed E-state index contributed by atoms with van der Waals surface area (Å²) in [6.45, 7) is 0. The Balaban J connectivity index is 2.06. The molecule has 5 heteroatoms. The van der Waals surface area contributed by atoms with E-state index in [2.05, 4.69) is 10.3 Å². The number of hydrogen-bond acceptors (Lipinski definition) is 2. The third-order valence-electron chi connectivity index (χ3n) is 2.64. The molecule has 0 aliphatic heterocycles. The number of aromatic nitrogens is 1. The average molecular weight is 277 g/mol. The minimum Gasteiger partial charge on any atom is -0.328 e. The van der Waals surface area contributed by atoms with Crippen LogP contribution in [-0.4, -0.2) is 16.8 Å². The lowest BCUT2D eigenvalue weighted by molar-refractivity contribution is 0.102. The summed E-state index contributed by atoms with van der Waals surface area (Å²) in [6, 6.07) is 10.3. The molecule has 2 rings (SSSR count). The monoisotopic (exact) mass is 276 g/mol. The zero-order valence-electron chi connectivity index (χ0n) is 10.2. The first-order valence-corrected chi connectivity index (χ1v) is 6.37. The highest BCUT2D eigenvalue weighted by Gasteiger charge is 2.05. The molecule has 1 amide bonds. The molecule has 0 aliphatic carbocycles. The standard InChI is InChI=1S/C14H13ClN2O2/c15-8-7-10-1-4-12(5-2-10)17-14(19)11-3-6-13(18)16-9-11/h1-6,9H,7-8H2,(H,16,18)(H,17,19). The maximum atomic E-state index is 11.9. The van der Waals surface area contributed by atoms with Crippen LogP contribution in [0.25, 0.3) is 0 Å². The molecule has 0 radical (unpaired) electrons. The van der Waals surface area contributed by atoms with E-state index in [9.17, 15) is 9.59 Å². The lowest BCUT2D eigenvalue weighted by Gasteiger charge is -2.06. The van der Waals surface area contributed by atoms with Crippen molar-refractivity contribution >= 4 is 23.2 Å². The van der Waals surface area contributed by atoms with Crippen LogP contribution >= 0.6 is 11.6 Å². The number of rotatable bonds is 4. The van der Waals surface area contributed by atoms with Gasteiger partial charge in [-0.3, -0.25) is 9.59 Å². The van der Waals surface area contributed by atoms with Gasteiger partial charge in [0, 0.05) is 23.8 Å². The third-order valence-corrected chi connectivity index (χ3v) is 2.83. The summed E-state index contributed by atoms with van der Waals surface area (Å²) < 4.78 is 0. The van der Waals surface area contributed by atoms with Crippen molar-refractivity contribution in [1.29, 1.82) is 0 Å². The molecule has 0 spiro atoms. The second kappa shape index (κ2) is 6.20. The van der Waals surface area contributed by atoms with Gasteiger partial charge in [-0.2, -0.15) is 0 Å². The molecule has 4 nitrogen and oxygen atoms in total. The number of carbonyl (C=O) groups excluding carboxylic acids is 1. The van der Waals surface area contributed by atoms with Gasteiger partial charge in [0.15, 0.2) is 0 Å². The zero-order chi connectivity index (χ0) is 13.7. The lowest BCUT2D eigenvalue weighted by atomic mass is 10.1. The number of alkyl halides is 1. The van der Waals surface area contributed by atoms with Gasteiger partial charge in [0.1, 0.15) is 0 Å². The van der Waals surface area contributed by atoms with Crippen molar-refractivity contribution in [2.75, 3.05) is 11.2 Å². The van der Waals surface area contributed by atoms with E-state index in [1.165, 1.54) is 18.3 Å². The number of pyridine rings is 1. The second-order valence-electron chi connectivity index (χ2n) is 4.03. The minimum absolute atomic E-state index is 0.234. The van der Waals surface area contributed by atoms with E-state index in [0.717, 1.165) is 12.0 Å². The molecule has 0 fully saturated rings. The van der Waals surface area contributed by atoms with Crippen LogP contribution in [0.2, 0.25) is 0 Å². The van der Waals surface area contributed by atoms with Crippen LogP contribution < -0.4 is 10.9 Å². The molecule has 98 valence electrons. The summed E-state index contributed by atoms with van der Waals surface area (Å²) in [6.07, 6.45) is 2.19. The van der Waals surface area contributed by atoms with Crippen LogP contribution in [0.5, 0.6) is 0 Å². The third kappa shape index (κ3) is 3.69. The van der Waals surface area contributed by atoms with Crippen LogP contribution in [0.3, 0.4) is 0 Å². The van der Waals surface area contributed by atoms with Crippen molar-refractivity contribution in [2.24, 2.45) is 0 Å². The Morgan fingerprint density at radius 2 is 1.89 bits per heavy atom. The van der Waals surface area contributed by atoms with Crippen LogP contribution in [0.1, 0.15) is 15.9 Å². The fourth-order valence-electron chi connectivity index (χ4n) is 1.62. The van der Waals surface area contributed by atoms with Crippen molar-refractivity contribution in [1.82, 2.24) is 4.98 Å². The number of hydrogen-bond donors (Lipinski definition) is 2. The Morgan fingerprint density at radius 3 is 2.47 bits per heavy atom. The van der Waals surface area contributed by atoms with Gasteiger partial charge in [0.05, 0.1) is 5.56 Å². The molecule has 1 aromatic carbocycles. The molecule has 0 unspecified atom stereocenters. The number of nitrogens with one attached hydrogen (secondary N) is 2. The van der Waals surface area contributed by atoms with Crippen LogP contribution in [0.15, 0.2) is 47.4 Å².